The van der Waals surface area contributed by atoms with Crippen molar-refractivity contribution in [3.63, 3.8) is 0 Å². The highest BCUT2D eigenvalue weighted by Gasteiger charge is 2.37. The van der Waals surface area contributed by atoms with E-state index in [2.05, 4.69) is 58.9 Å². The number of hydrogen-bond acceptors (Lipinski definition) is 5. The van der Waals surface area contributed by atoms with Crippen LogP contribution >= 0.6 is 0 Å². The molecule has 0 radical (unpaired) electrons. The molecular weight excluding hydrogens is 396 g/mol. The molecule has 1 atom stereocenters. The normalized spacial score (nSPS) is 14.1. The molecule has 0 fully saturated rings. The Labute approximate surface area is 182 Å². The summed E-state index contributed by atoms with van der Waals surface area (Å²) in [5.74, 6) is 7.69. The third-order valence-electron chi connectivity index (χ3n) is 5.51. The number of allylic oxidation sites excluding steroid dienone is 2. The number of hydrogen-bond donors (Lipinski definition) is 0. The second-order valence-electron chi connectivity index (χ2n) is 8.75. The molecule has 0 bridgehead atoms. The van der Waals surface area contributed by atoms with E-state index in [1.807, 2.05) is 18.2 Å². The summed E-state index contributed by atoms with van der Waals surface area (Å²) in [6.45, 7) is 20.4. The van der Waals surface area contributed by atoms with Crippen molar-refractivity contribution in [3.8, 4) is 23.3 Å². The monoisotopic (exact) mass is 430 g/mol. The fourth-order valence-corrected chi connectivity index (χ4v) is 3.55. The molecule has 1 aliphatic heterocycles. The molecule has 0 aromatic heterocycles. The molecule has 1 heterocycles. The maximum Gasteiger partial charge on any atom is 0.231 e. The number of methoxy groups -OCH3 is 1. The summed E-state index contributed by atoms with van der Waals surface area (Å²) in [4.78, 5) is 0. The average molecular weight is 431 g/mol. The lowest BCUT2D eigenvalue weighted by atomic mass is 10.0. The van der Waals surface area contributed by atoms with E-state index in [4.69, 9.17) is 23.4 Å². The first-order valence-corrected chi connectivity index (χ1v) is 13.0. The van der Waals surface area contributed by atoms with Crippen LogP contribution in [0, 0.1) is 11.8 Å². The van der Waals surface area contributed by atoms with Crippen molar-refractivity contribution in [1.82, 2.24) is 0 Å². The van der Waals surface area contributed by atoms with Crippen LogP contribution in [0.1, 0.15) is 32.8 Å². The SMILES string of the molecule is C=C(C#CC(CCO[Si](C)(C)C(C)(C)C)OCOC)C(=C)c1ccc2c(c1)OCO2. The number of ether oxygens (including phenoxy) is 4. The van der Waals surface area contributed by atoms with Crippen LogP contribution in [0.2, 0.25) is 18.1 Å². The van der Waals surface area contributed by atoms with E-state index in [0.717, 1.165) is 16.9 Å². The van der Waals surface area contributed by atoms with Crippen molar-refractivity contribution in [2.75, 3.05) is 27.3 Å². The molecule has 0 saturated heterocycles. The first-order valence-electron chi connectivity index (χ1n) is 10.1. The van der Waals surface area contributed by atoms with Gasteiger partial charge in [-0.15, -0.1) is 0 Å². The molecule has 1 aromatic carbocycles. The largest absolute Gasteiger partial charge is 0.454 e. The molecule has 0 aliphatic carbocycles. The predicted molar refractivity (Wildman–Crippen MR) is 123 cm³/mol. The minimum Gasteiger partial charge on any atom is -0.454 e. The second kappa shape index (κ2) is 10.3. The molecule has 0 spiro atoms. The third kappa shape index (κ3) is 6.48. The summed E-state index contributed by atoms with van der Waals surface area (Å²) in [5.41, 5.74) is 2.27. The van der Waals surface area contributed by atoms with Gasteiger partial charge in [-0.1, -0.05) is 51.8 Å². The van der Waals surface area contributed by atoms with Crippen LogP contribution in [0.15, 0.2) is 36.9 Å². The summed E-state index contributed by atoms with van der Waals surface area (Å²) in [6, 6.07) is 5.68. The Morgan fingerprint density at radius 3 is 2.57 bits per heavy atom. The van der Waals surface area contributed by atoms with Crippen molar-refractivity contribution in [3.05, 3.63) is 42.5 Å². The summed E-state index contributed by atoms with van der Waals surface area (Å²) in [6.07, 6.45) is 0.350. The van der Waals surface area contributed by atoms with Gasteiger partial charge in [-0.3, -0.25) is 0 Å². The average Bonchev–Trinajstić information content (AvgIpc) is 3.15. The Bertz CT molecular complexity index is 826. The van der Waals surface area contributed by atoms with E-state index in [1.54, 1.807) is 7.11 Å². The Hall–Kier alpha value is -2.04. The zero-order valence-electron chi connectivity index (χ0n) is 19.1. The van der Waals surface area contributed by atoms with E-state index in [9.17, 15) is 0 Å². The van der Waals surface area contributed by atoms with Crippen LogP contribution in [0.4, 0.5) is 0 Å². The quantitative estimate of drug-likeness (QED) is 0.227. The Balaban J connectivity index is 2.00. The number of benzene rings is 1. The Morgan fingerprint density at radius 2 is 1.90 bits per heavy atom. The van der Waals surface area contributed by atoms with Gasteiger partial charge >= 0.3 is 0 Å². The lowest BCUT2D eigenvalue weighted by Crippen LogP contribution is -2.41. The zero-order valence-corrected chi connectivity index (χ0v) is 20.1. The lowest BCUT2D eigenvalue weighted by Gasteiger charge is -2.36. The maximum atomic E-state index is 6.26. The minimum absolute atomic E-state index is 0.165. The first-order chi connectivity index (χ1) is 14.0. The molecule has 6 heteroatoms. The van der Waals surface area contributed by atoms with E-state index >= 15 is 0 Å². The number of fused-ring (bicyclic) bond motifs is 1. The molecule has 0 saturated carbocycles. The standard InChI is InChI=1S/C24H34O5Si/c1-18(19(2)20-10-12-22-23(15-20)28-17-27-22)9-11-21(26-16-25-6)13-14-29-30(7,8)24(3,4)5/h10,12,15,21H,1-2,13-14,16-17H2,3-8H3. The third-order valence-corrected chi connectivity index (χ3v) is 10.0. The minimum atomic E-state index is -1.81. The second-order valence-corrected chi connectivity index (χ2v) is 13.6. The van der Waals surface area contributed by atoms with E-state index in [0.29, 0.717) is 24.4 Å². The molecule has 30 heavy (non-hydrogen) atoms. The van der Waals surface area contributed by atoms with Gasteiger partial charge in [0.25, 0.3) is 0 Å². The highest BCUT2D eigenvalue weighted by Crippen LogP contribution is 2.37. The van der Waals surface area contributed by atoms with Crippen molar-refractivity contribution in [1.29, 1.82) is 0 Å². The Kier molecular flexibility index (Phi) is 8.33. The van der Waals surface area contributed by atoms with Gasteiger partial charge in [-0.2, -0.15) is 0 Å². The van der Waals surface area contributed by atoms with E-state index in [1.165, 1.54) is 0 Å². The van der Waals surface area contributed by atoms with Crippen LogP contribution in [0.5, 0.6) is 11.5 Å². The molecule has 1 unspecified atom stereocenters. The molecule has 0 amide bonds. The van der Waals surface area contributed by atoms with Crippen LogP contribution < -0.4 is 9.47 Å². The van der Waals surface area contributed by atoms with Crippen LogP contribution in [0.3, 0.4) is 0 Å². The van der Waals surface area contributed by atoms with Gasteiger partial charge < -0.3 is 23.4 Å². The highest BCUT2D eigenvalue weighted by atomic mass is 28.4. The van der Waals surface area contributed by atoms with Crippen molar-refractivity contribution in [2.45, 2.75) is 51.4 Å². The van der Waals surface area contributed by atoms with Gasteiger partial charge in [-0.05, 0) is 41.4 Å². The van der Waals surface area contributed by atoms with Crippen molar-refractivity contribution in [2.24, 2.45) is 0 Å². The van der Waals surface area contributed by atoms with Crippen molar-refractivity contribution < 1.29 is 23.4 Å². The molecule has 0 N–H and O–H groups in total. The summed E-state index contributed by atoms with van der Waals surface area (Å²) in [5, 5.41) is 0.165. The van der Waals surface area contributed by atoms with Gasteiger partial charge in [-0.25, -0.2) is 0 Å². The van der Waals surface area contributed by atoms with E-state index < -0.39 is 8.32 Å². The fourth-order valence-electron chi connectivity index (χ4n) is 2.49. The summed E-state index contributed by atoms with van der Waals surface area (Å²) < 4.78 is 27.8. The van der Waals surface area contributed by atoms with Gasteiger partial charge in [0.2, 0.25) is 6.79 Å². The maximum absolute atomic E-state index is 6.26. The Morgan fingerprint density at radius 1 is 1.20 bits per heavy atom. The fraction of sp³-hybridized carbons (Fsp3) is 0.500. The van der Waals surface area contributed by atoms with Gasteiger partial charge in [0.1, 0.15) is 12.9 Å². The number of rotatable bonds is 9. The van der Waals surface area contributed by atoms with E-state index in [-0.39, 0.29) is 24.7 Å². The zero-order chi connectivity index (χ0) is 22.4. The van der Waals surface area contributed by atoms with Crippen LogP contribution in [0.25, 0.3) is 5.57 Å². The molecule has 5 nitrogen and oxygen atoms in total. The first kappa shape index (κ1) is 24.2. The molecule has 1 aromatic rings. The van der Waals surface area contributed by atoms with Crippen molar-refractivity contribution >= 4 is 13.9 Å². The molecule has 2 rings (SSSR count). The van der Waals surface area contributed by atoms with Gasteiger partial charge in [0.05, 0.1) is 0 Å². The topological polar surface area (TPSA) is 46.2 Å². The summed E-state index contributed by atoms with van der Waals surface area (Å²) in [7, 11) is -0.213. The highest BCUT2D eigenvalue weighted by molar-refractivity contribution is 6.74. The summed E-state index contributed by atoms with van der Waals surface area (Å²) >= 11 is 0. The predicted octanol–water partition coefficient (Wildman–Crippen LogP) is 5.39. The molecule has 164 valence electrons. The van der Waals surface area contributed by atoms with Crippen LogP contribution in [-0.4, -0.2) is 41.7 Å². The smallest absolute Gasteiger partial charge is 0.231 e. The van der Waals surface area contributed by atoms with Gasteiger partial charge in [0.15, 0.2) is 19.8 Å². The molecule has 1 aliphatic rings. The molecular formula is C24H34O5Si. The van der Waals surface area contributed by atoms with Gasteiger partial charge in [0, 0.05) is 25.7 Å². The van der Waals surface area contributed by atoms with Crippen LogP contribution in [-0.2, 0) is 13.9 Å². The lowest BCUT2D eigenvalue weighted by molar-refractivity contribution is -0.0571.